The van der Waals surface area contributed by atoms with Crippen LogP contribution in [0.4, 0.5) is 0 Å². The van der Waals surface area contributed by atoms with Crippen LogP contribution in [-0.2, 0) is 15.2 Å². The lowest BCUT2D eigenvalue weighted by Gasteiger charge is -2.42. The Bertz CT molecular complexity index is 1070. The summed E-state index contributed by atoms with van der Waals surface area (Å²) in [6, 6.07) is 2.88. The number of aliphatic hydroxyl groups excluding tert-OH is 3. The number of allylic oxidation sites excluding steroid dienone is 1. The summed E-state index contributed by atoms with van der Waals surface area (Å²) in [5.74, 6) is -6.27. The van der Waals surface area contributed by atoms with Crippen molar-refractivity contribution in [2.24, 2.45) is 11.7 Å². The van der Waals surface area contributed by atoms with E-state index in [0.29, 0.717) is 0 Å². The predicted molar refractivity (Wildman–Crippen MR) is 112 cm³/mol. The van der Waals surface area contributed by atoms with Crippen LogP contribution in [0.25, 0.3) is 0 Å². The topological polar surface area (TPSA) is 182 Å². The van der Waals surface area contributed by atoms with Crippen LogP contribution in [0.1, 0.15) is 35.7 Å². The van der Waals surface area contributed by atoms with E-state index in [4.69, 9.17) is 5.73 Å². The molecule has 0 bridgehead atoms. The molecule has 0 spiro atoms. The molecule has 0 saturated carbocycles. The molecule has 0 radical (unpaired) electrons. The number of fused-ring (bicyclic) bond motifs is 2. The molecular formula is C22H26N2O8. The molecular weight excluding hydrogens is 420 g/mol. The maximum atomic E-state index is 13.3. The van der Waals surface area contributed by atoms with Crippen LogP contribution in [0, 0.1) is 5.92 Å². The number of ketones is 2. The number of carbonyl (C=O) groups excluding carboxylic acids is 3. The zero-order chi connectivity index (χ0) is 24.1. The van der Waals surface area contributed by atoms with E-state index in [9.17, 15) is 39.9 Å². The summed E-state index contributed by atoms with van der Waals surface area (Å²) in [5.41, 5.74) is 2.15. The minimum atomic E-state index is -1.84. The molecule has 2 aliphatic carbocycles. The Morgan fingerprint density at radius 2 is 1.81 bits per heavy atom. The number of Topliss-reactive ketones (excluding diaryl/α,β-unsaturated/α-hetero) is 2. The van der Waals surface area contributed by atoms with Gasteiger partial charge < -0.3 is 31.3 Å². The minimum Gasteiger partial charge on any atom is -0.511 e. The van der Waals surface area contributed by atoms with Gasteiger partial charge in [-0.3, -0.25) is 19.3 Å². The van der Waals surface area contributed by atoms with Gasteiger partial charge in [0.15, 0.2) is 11.6 Å². The number of phenols is 1. The lowest BCUT2D eigenvalue weighted by molar-refractivity contribution is -0.121. The normalized spacial score (nSPS) is 33.6. The molecule has 0 saturated heterocycles. The van der Waals surface area contributed by atoms with Crippen LogP contribution in [0.3, 0.4) is 0 Å². The van der Waals surface area contributed by atoms with E-state index in [1.807, 2.05) is 0 Å². The van der Waals surface area contributed by atoms with Gasteiger partial charge in [0.25, 0.3) is 5.91 Å². The highest BCUT2D eigenvalue weighted by Gasteiger charge is 2.50. The molecule has 7 N–H and O–H groups in total. The van der Waals surface area contributed by atoms with E-state index >= 15 is 0 Å². The van der Waals surface area contributed by atoms with Crippen LogP contribution in [-0.4, -0.2) is 74.1 Å². The van der Waals surface area contributed by atoms with Gasteiger partial charge in [0.2, 0.25) is 0 Å². The third kappa shape index (κ3) is 3.56. The van der Waals surface area contributed by atoms with Crippen molar-refractivity contribution in [2.75, 3.05) is 14.1 Å². The minimum absolute atomic E-state index is 0.0960. The number of aliphatic hydroxyl groups is 4. The molecule has 10 nitrogen and oxygen atoms in total. The average Bonchev–Trinajstić information content (AvgIpc) is 2.65. The van der Waals surface area contributed by atoms with E-state index in [1.165, 1.54) is 44.1 Å². The van der Waals surface area contributed by atoms with Gasteiger partial charge in [-0.05, 0) is 39.1 Å². The lowest BCUT2D eigenvalue weighted by Crippen LogP contribution is -2.49. The second-order valence-electron chi connectivity index (χ2n) is 8.53. The van der Waals surface area contributed by atoms with Gasteiger partial charge in [0.05, 0.1) is 29.7 Å². The number of primary amides is 1. The third-order valence-electron chi connectivity index (χ3n) is 6.18. The second kappa shape index (κ2) is 8.05. The van der Waals surface area contributed by atoms with Crippen molar-refractivity contribution in [2.45, 2.75) is 37.5 Å². The Balaban J connectivity index is 2.32. The first kappa shape index (κ1) is 23.5. The van der Waals surface area contributed by atoms with E-state index in [0.717, 1.165) is 0 Å². The molecule has 0 aromatic heterocycles. The molecule has 0 aliphatic heterocycles. The van der Waals surface area contributed by atoms with Crippen LogP contribution >= 0.6 is 0 Å². The first-order chi connectivity index (χ1) is 14.8. The summed E-state index contributed by atoms with van der Waals surface area (Å²) in [6.07, 6.45) is -2.67. The predicted octanol–water partition coefficient (Wildman–Crippen LogP) is 0.176. The Morgan fingerprint density at radius 1 is 1.19 bits per heavy atom. The number of likely N-dealkylation sites (N-methyl/N-ethyl adjacent to an activating group) is 1. The van der Waals surface area contributed by atoms with Crippen molar-refractivity contribution in [3.8, 4) is 5.75 Å². The van der Waals surface area contributed by atoms with Crippen LogP contribution in [0.2, 0.25) is 0 Å². The number of hydrogen-bond donors (Lipinski definition) is 6. The summed E-state index contributed by atoms with van der Waals surface area (Å²) in [4.78, 5) is 39.4. The molecule has 32 heavy (non-hydrogen) atoms. The Morgan fingerprint density at radius 3 is 2.38 bits per heavy atom. The average molecular weight is 446 g/mol. The Kier molecular flexibility index (Phi) is 5.90. The van der Waals surface area contributed by atoms with Gasteiger partial charge in [-0.25, -0.2) is 0 Å². The molecule has 0 unspecified atom stereocenters. The number of rotatable bonds is 2. The number of hydrogen-bond acceptors (Lipinski definition) is 9. The zero-order valence-corrected chi connectivity index (χ0v) is 17.9. The zero-order valence-electron chi connectivity index (χ0n) is 17.9. The number of nitrogens with zero attached hydrogens (tertiary/aromatic N) is 1. The monoisotopic (exact) mass is 446 g/mol. The number of amides is 1. The summed E-state index contributed by atoms with van der Waals surface area (Å²) in [5, 5.41) is 54.1. The fourth-order valence-electron chi connectivity index (χ4n) is 4.67. The highest BCUT2D eigenvalue weighted by Crippen LogP contribution is 2.48. The van der Waals surface area contributed by atoms with Crippen LogP contribution in [0.5, 0.6) is 5.75 Å². The van der Waals surface area contributed by atoms with Gasteiger partial charge in [0, 0.05) is 11.5 Å². The number of aromatic hydroxyl groups is 1. The molecule has 2 aliphatic rings. The van der Waals surface area contributed by atoms with Crippen molar-refractivity contribution in [1.29, 1.82) is 0 Å². The summed E-state index contributed by atoms with van der Waals surface area (Å²) in [6.45, 7) is 1.37. The molecule has 1 aromatic carbocycles. The van der Waals surface area contributed by atoms with Crippen molar-refractivity contribution >= 4 is 17.5 Å². The maximum absolute atomic E-state index is 13.3. The molecule has 3 rings (SSSR count). The highest BCUT2D eigenvalue weighted by molar-refractivity contribution is 6.20. The molecule has 172 valence electrons. The third-order valence-corrected chi connectivity index (χ3v) is 6.18. The second-order valence-corrected chi connectivity index (χ2v) is 8.53. The lowest BCUT2D eigenvalue weighted by atomic mass is 9.65. The molecule has 10 heteroatoms. The van der Waals surface area contributed by atoms with E-state index in [2.05, 4.69) is 0 Å². The van der Waals surface area contributed by atoms with E-state index < -0.39 is 70.4 Å². The quantitative estimate of drug-likeness (QED) is 0.345. The fourth-order valence-corrected chi connectivity index (χ4v) is 4.67. The Labute approximate surface area is 183 Å². The fraction of sp³-hybridized carbons (Fsp3) is 0.409. The number of benzene rings is 1. The maximum Gasteiger partial charge on any atom is 0.255 e. The molecule has 1 aromatic rings. The van der Waals surface area contributed by atoms with Crippen molar-refractivity contribution in [1.82, 2.24) is 4.90 Å². The largest absolute Gasteiger partial charge is 0.511 e. The first-order valence-electron chi connectivity index (χ1n) is 9.92. The highest BCUT2D eigenvalue weighted by atomic mass is 16.3. The van der Waals surface area contributed by atoms with Crippen LogP contribution in [0.15, 0.2) is 40.9 Å². The van der Waals surface area contributed by atoms with Crippen molar-refractivity contribution in [3.05, 3.63) is 52.0 Å². The number of phenolic OH excluding ortho intramolecular Hbond substituents is 1. The Hall–Kier alpha value is -3.21. The number of nitrogens with two attached hydrogens (primary N) is 1. The van der Waals surface area contributed by atoms with Gasteiger partial charge in [-0.1, -0.05) is 12.1 Å². The van der Waals surface area contributed by atoms with Gasteiger partial charge >= 0.3 is 0 Å². The molecule has 1 amide bonds. The SMILES string of the molecule is CN(C)[C@@H]1/C(O)=C(/C(N)=O)C(=O)C/C(O)=C2/C(=O)c3c(O)cccc3[C@@](C)(O)[C@H]2C[C@@H]1O. The van der Waals surface area contributed by atoms with E-state index in [1.54, 1.807) is 0 Å². The van der Waals surface area contributed by atoms with Gasteiger partial charge in [-0.2, -0.15) is 0 Å². The summed E-state index contributed by atoms with van der Waals surface area (Å²) in [7, 11) is 2.98. The first-order valence-corrected chi connectivity index (χ1v) is 9.92. The van der Waals surface area contributed by atoms with Gasteiger partial charge in [-0.15, -0.1) is 0 Å². The van der Waals surface area contributed by atoms with Crippen LogP contribution < -0.4 is 5.73 Å². The summed E-state index contributed by atoms with van der Waals surface area (Å²) < 4.78 is 0. The van der Waals surface area contributed by atoms with Crippen molar-refractivity contribution in [3.63, 3.8) is 0 Å². The van der Waals surface area contributed by atoms with Crippen molar-refractivity contribution < 1.29 is 39.9 Å². The van der Waals surface area contributed by atoms with Gasteiger partial charge in [0.1, 0.15) is 22.8 Å². The number of carbonyl (C=O) groups is 3. The molecule has 0 fully saturated rings. The summed E-state index contributed by atoms with van der Waals surface area (Å²) >= 11 is 0. The smallest absolute Gasteiger partial charge is 0.255 e. The molecule has 0 heterocycles. The standard InChI is InChI=1S/C22H26N2O8/c1-22(32)9-5-4-6-11(25)15(9)19(29)16-10(22)7-14(28)18(24(2)3)20(30)17(21(23)31)13(27)8-12(16)26/h4-6,10,14,18,25-26,28,30,32H,7-8H2,1-3H3,(H2,23,31)/b16-12-,20-17-/t10-,14-,18-,22+/m0/s1. The molecule has 4 atom stereocenters. The van der Waals surface area contributed by atoms with E-state index in [-0.39, 0.29) is 23.1 Å².